The molecular formula is C18H30O3S. The molecule has 0 amide bonds. The second-order valence-corrected chi connectivity index (χ2v) is 7.65. The quantitative estimate of drug-likeness (QED) is 0.407. The summed E-state index contributed by atoms with van der Waals surface area (Å²) in [5, 5.41) is 0. The van der Waals surface area contributed by atoms with Crippen molar-refractivity contribution >= 4 is 10.1 Å². The number of benzene rings is 1. The predicted molar refractivity (Wildman–Crippen MR) is 92.4 cm³/mol. The average molecular weight is 327 g/mol. The largest absolute Gasteiger partial charge is 0.265 e. The maximum absolute atomic E-state index is 10.9. The lowest BCUT2D eigenvalue weighted by atomic mass is 10.0. The third kappa shape index (κ3) is 9.96. The molecule has 0 aromatic heterocycles. The molecule has 3 nitrogen and oxygen atoms in total. The third-order valence-electron chi connectivity index (χ3n) is 3.78. The molecule has 0 aliphatic carbocycles. The Bertz CT molecular complexity index is 492. The SMILES string of the molecule is CCCCCCCCCCc1ccc(COS(C)(=O)=O)cc1. The minimum absolute atomic E-state index is 0.122. The van der Waals surface area contributed by atoms with Gasteiger partial charge >= 0.3 is 0 Å². The molecule has 126 valence electrons. The van der Waals surface area contributed by atoms with Crippen LogP contribution in [0.3, 0.4) is 0 Å². The van der Waals surface area contributed by atoms with Gasteiger partial charge in [0.25, 0.3) is 10.1 Å². The molecule has 1 rings (SSSR count). The first-order valence-corrected chi connectivity index (χ1v) is 10.2. The van der Waals surface area contributed by atoms with E-state index < -0.39 is 10.1 Å². The molecule has 1 aromatic rings. The van der Waals surface area contributed by atoms with Gasteiger partial charge in [0.05, 0.1) is 12.9 Å². The Kier molecular flexibility index (Phi) is 9.41. The van der Waals surface area contributed by atoms with Crippen LogP contribution in [0.2, 0.25) is 0 Å². The van der Waals surface area contributed by atoms with Gasteiger partial charge in [0.2, 0.25) is 0 Å². The number of hydrogen-bond acceptors (Lipinski definition) is 3. The molecule has 0 bridgehead atoms. The van der Waals surface area contributed by atoms with E-state index in [0.717, 1.165) is 18.2 Å². The van der Waals surface area contributed by atoms with Crippen LogP contribution in [-0.2, 0) is 27.3 Å². The average Bonchev–Trinajstić information content (AvgIpc) is 2.48. The van der Waals surface area contributed by atoms with Crippen molar-refractivity contribution in [3.05, 3.63) is 35.4 Å². The number of aryl methyl sites for hydroxylation is 1. The third-order valence-corrected chi connectivity index (χ3v) is 4.33. The number of hydrogen-bond donors (Lipinski definition) is 0. The van der Waals surface area contributed by atoms with Gasteiger partial charge in [-0.2, -0.15) is 8.42 Å². The molecule has 1 aromatic carbocycles. The zero-order valence-electron chi connectivity index (χ0n) is 14.0. The van der Waals surface area contributed by atoms with E-state index in [2.05, 4.69) is 19.1 Å². The van der Waals surface area contributed by atoms with E-state index in [1.165, 1.54) is 56.9 Å². The molecular weight excluding hydrogens is 296 g/mol. The monoisotopic (exact) mass is 326 g/mol. The van der Waals surface area contributed by atoms with Crippen molar-refractivity contribution in [2.24, 2.45) is 0 Å². The normalized spacial score (nSPS) is 11.7. The van der Waals surface area contributed by atoms with Gasteiger partial charge in [-0.3, -0.25) is 4.18 Å². The molecule has 0 heterocycles. The summed E-state index contributed by atoms with van der Waals surface area (Å²) < 4.78 is 26.7. The van der Waals surface area contributed by atoms with Gasteiger partial charge in [-0.15, -0.1) is 0 Å². The Hall–Kier alpha value is -0.870. The molecule has 0 atom stereocenters. The highest BCUT2D eigenvalue weighted by atomic mass is 32.2. The fourth-order valence-electron chi connectivity index (χ4n) is 2.44. The van der Waals surface area contributed by atoms with Crippen LogP contribution in [-0.4, -0.2) is 14.7 Å². The molecule has 0 unspecified atom stereocenters. The van der Waals surface area contributed by atoms with Crippen LogP contribution in [0, 0.1) is 0 Å². The van der Waals surface area contributed by atoms with Crippen molar-refractivity contribution in [2.45, 2.75) is 71.3 Å². The highest BCUT2D eigenvalue weighted by Gasteiger charge is 2.02. The predicted octanol–water partition coefficient (Wildman–Crippen LogP) is 4.85. The van der Waals surface area contributed by atoms with E-state index in [1.807, 2.05) is 12.1 Å². The van der Waals surface area contributed by atoms with Crippen LogP contribution < -0.4 is 0 Å². The standard InChI is InChI=1S/C18H30O3S/c1-3-4-5-6-7-8-9-10-11-17-12-14-18(15-13-17)16-21-22(2,19)20/h12-15H,3-11,16H2,1-2H3. The Balaban J connectivity index is 2.14. The second-order valence-electron chi connectivity index (χ2n) is 6.01. The minimum atomic E-state index is -3.36. The van der Waals surface area contributed by atoms with Gasteiger partial charge in [-0.05, 0) is 24.0 Å². The zero-order valence-corrected chi connectivity index (χ0v) is 14.8. The Morgan fingerprint density at radius 1 is 0.818 bits per heavy atom. The van der Waals surface area contributed by atoms with Gasteiger partial charge in [-0.25, -0.2) is 0 Å². The molecule has 0 fully saturated rings. The summed E-state index contributed by atoms with van der Waals surface area (Å²) in [6, 6.07) is 8.04. The zero-order chi connectivity index (χ0) is 16.3. The van der Waals surface area contributed by atoms with Crippen molar-refractivity contribution < 1.29 is 12.6 Å². The van der Waals surface area contributed by atoms with Gasteiger partial charge < -0.3 is 0 Å². The first-order valence-electron chi connectivity index (χ1n) is 8.43. The van der Waals surface area contributed by atoms with Crippen molar-refractivity contribution in [1.82, 2.24) is 0 Å². The summed E-state index contributed by atoms with van der Waals surface area (Å²) in [6.07, 6.45) is 12.8. The van der Waals surface area contributed by atoms with Crippen molar-refractivity contribution in [1.29, 1.82) is 0 Å². The smallest absolute Gasteiger partial charge is 0.264 e. The van der Waals surface area contributed by atoms with Gasteiger partial charge in [0, 0.05) is 0 Å². The van der Waals surface area contributed by atoms with E-state index in [-0.39, 0.29) is 6.61 Å². The molecule has 0 aliphatic heterocycles. The molecule has 0 spiro atoms. The maximum atomic E-state index is 10.9. The van der Waals surface area contributed by atoms with Crippen LogP contribution in [0.1, 0.15) is 69.4 Å². The fourth-order valence-corrected chi connectivity index (χ4v) is 2.79. The van der Waals surface area contributed by atoms with Crippen LogP contribution in [0.15, 0.2) is 24.3 Å². The lowest BCUT2D eigenvalue weighted by Gasteiger charge is -2.05. The maximum Gasteiger partial charge on any atom is 0.264 e. The molecule has 0 saturated heterocycles. The summed E-state index contributed by atoms with van der Waals surface area (Å²) in [5.74, 6) is 0. The van der Waals surface area contributed by atoms with Crippen LogP contribution in [0.25, 0.3) is 0 Å². The second kappa shape index (κ2) is 10.8. The lowest BCUT2D eigenvalue weighted by molar-refractivity contribution is 0.311. The van der Waals surface area contributed by atoms with E-state index in [9.17, 15) is 8.42 Å². The highest BCUT2D eigenvalue weighted by molar-refractivity contribution is 7.85. The van der Waals surface area contributed by atoms with E-state index in [1.54, 1.807) is 0 Å². The molecule has 4 heteroatoms. The summed E-state index contributed by atoms with van der Waals surface area (Å²) in [7, 11) is -3.36. The number of rotatable bonds is 12. The van der Waals surface area contributed by atoms with Crippen molar-refractivity contribution in [3.8, 4) is 0 Å². The molecule has 0 radical (unpaired) electrons. The summed E-state index contributed by atoms with van der Waals surface area (Å²) in [5.41, 5.74) is 2.21. The van der Waals surface area contributed by atoms with Gasteiger partial charge in [0.15, 0.2) is 0 Å². The van der Waals surface area contributed by atoms with E-state index in [4.69, 9.17) is 4.18 Å². The summed E-state index contributed by atoms with van der Waals surface area (Å²) >= 11 is 0. The lowest BCUT2D eigenvalue weighted by Crippen LogP contribution is -2.02. The highest BCUT2D eigenvalue weighted by Crippen LogP contribution is 2.13. The van der Waals surface area contributed by atoms with E-state index in [0.29, 0.717) is 0 Å². The molecule has 22 heavy (non-hydrogen) atoms. The molecule has 0 saturated carbocycles. The first kappa shape index (κ1) is 19.2. The molecule has 0 aliphatic rings. The first-order chi connectivity index (χ1) is 10.5. The van der Waals surface area contributed by atoms with Gasteiger partial charge in [0.1, 0.15) is 0 Å². The van der Waals surface area contributed by atoms with Crippen LogP contribution in [0.4, 0.5) is 0 Å². The summed E-state index contributed by atoms with van der Waals surface area (Å²) in [4.78, 5) is 0. The minimum Gasteiger partial charge on any atom is -0.265 e. The van der Waals surface area contributed by atoms with Crippen LogP contribution in [0.5, 0.6) is 0 Å². The van der Waals surface area contributed by atoms with Crippen LogP contribution >= 0.6 is 0 Å². The summed E-state index contributed by atoms with van der Waals surface area (Å²) in [6.45, 7) is 2.37. The fraction of sp³-hybridized carbons (Fsp3) is 0.667. The molecule has 0 N–H and O–H groups in total. The Labute approximate surface area is 136 Å². The topological polar surface area (TPSA) is 43.4 Å². The Morgan fingerprint density at radius 3 is 1.86 bits per heavy atom. The van der Waals surface area contributed by atoms with E-state index >= 15 is 0 Å². The van der Waals surface area contributed by atoms with Crippen molar-refractivity contribution in [3.63, 3.8) is 0 Å². The number of unbranched alkanes of at least 4 members (excludes halogenated alkanes) is 7. The Morgan fingerprint density at radius 2 is 1.32 bits per heavy atom. The van der Waals surface area contributed by atoms with Gasteiger partial charge in [-0.1, -0.05) is 76.1 Å². The van der Waals surface area contributed by atoms with Crippen molar-refractivity contribution in [2.75, 3.05) is 6.26 Å².